The van der Waals surface area contributed by atoms with Crippen LogP contribution in [-0.2, 0) is 0 Å². The van der Waals surface area contributed by atoms with Gasteiger partial charge in [-0.05, 0) is 24.3 Å². The molecule has 0 aliphatic heterocycles. The number of nitrogens with zero attached hydrogens (tertiary/aromatic N) is 1. The summed E-state index contributed by atoms with van der Waals surface area (Å²) >= 11 is 0. The van der Waals surface area contributed by atoms with Crippen LogP contribution in [0, 0.1) is 0 Å². The molecule has 3 aromatic rings. The molecule has 1 amide bonds. The minimum Gasteiger partial charge on any atom is -0.438 e. The summed E-state index contributed by atoms with van der Waals surface area (Å²) in [6, 6.07) is 18.4. The van der Waals surface area contributed by atoms with Crippen LogP contribution in [0.15, 0.2) is 70.1 Å². The Morgan fingerprint density at radius 3 is 2.45 bits per heavy atom. The van der Waals surface area contributed by atoms with Crippen molar-refractivity contribution in [3.63, 3.8) is 0 Å². The second-order valence-corrected chi connectivity index (χ2v) is 4.31. The Morgan fingerprint density at radius 1 is 1.00 bits per heavy atom. The fourth-order valence-electron chi connectivity index (χ4n) is 1.95. The monoisotopic (exact) mass is 264 g/mol. The molecule has 0 saturated heterocycles. The fraction of sp³-hybridized carbons (Fsp3) is 0. The van der Waals surface area contributed by atoms with E-state index in [0.29, 0.717) is 11.3 Å². The highest BCUT2D eigenvalue weighted by atomic mass is 16.3. The molecular formula is C16H12N2O2. The van der Waals surface area contributed by atoms with Gasteiger partial charge in [-0.3, -0.25) is 4.79 Å². The molecule has 1 aromatic heterocycles. The molecule has 1 heterocycles. The summed E-state index contributed by atoms with van der Waals surface area (Å²) in [5, 5.41) is 0.813. The highest BCUT2D eigenvalue weighted by Gasteiger charge is 2.08. The maximum atomic E-state index is 11.6. The van der Waals surface area contributed by atoms with E-state index in [1.807, 2.05) is 54.6 Å². The Kier molecular flexibility index (Phi) is 3.05. The molecule has 2 aromatic carbocycles. The maximum absolute atomic E-state index is 11.6. The molecule has 0 unspecified atom stereocenters. The number of benzene rings is 2. The lowest BCUT2D eigenvalue weighted by Crippen LogP contribution is -2.21. The molecule has 98 valence electrons. The zero-order valence-electron chi connectivity index (χ0n) is 10.6. The number of hydrogen-bond donors (Lipinski definition) is 1. The van der Waals surface area contributed by atoms with Crippen molar-refractivity contribution in [2.45, 2.75) is 0 Å². The van der Waals surface area contributed by atoms with Crippen LogP contribution >= 0.6 is 0 Å². The van der Waals surface area contributed by atoms with Crippen LogP contribution in [0.5, 0.6) is 0 Å². The first kappa shape index (κ1) is 12.2. The van der Waals surface area contributed by atoms with Gasteiger partial charge in [-0.1, -0.05) is 36.4 Å². The van der Waals surface area contributed by atoms with Crippen molar-refractivity contribution in [3.8, 4) is 0 Å². The van der Waals surface area contributed by atoms with E-state index >= 15 is 0 Å². The highest BCUT2D eigenvalue weighted by Crippen LogP contribution is 2.14. The van der Waals surface area contributed by atoms with Crippen LogP contribution in [0.3, 0.4) is 0 Å². The number of nitrogens with two attached hydrogens (primary N) is 1. The predicted octanol–water partition coefficient (Wildman–Crippen LogP) is 2.76. The molecule has 0 aliphatic carbocycles. The molecule has 0 spiro atoms. The predicted molar refractivity (Wildman–Crippen MR) is 76.4 cm³/mol. The van der Waals surface area contributed by atoms with E-state index in [1.54, 1.807) is 6.07 Å². The first-order valence-electron chi connectivity index (χ1n) is 6.16. The van der Waals surface area contributed by atoms with Crippen molar-refractivity contribution in [1.29, 1.82) is 0 Å². The van der Waals surface area contributed by atoms with Crippen LogP contribution in [0.2, 0.25) is 0 Å². The number of hydrogen-bond acceptors (Lipinski definition) is 3. The minimum atomic E-state index is -0.561. The van der Waals surface area contributed by atoms with E-state index in [1.165, 1.54) is 0 Å². The molecule has 0 atom stereocenters. The fourth-order valence-corrected chi connectivity index (χ4v) is 1.95. The van der Waals surface area contributed by atoms with Gasteiger partial charge in [0.1, 0.15) is 11.1 Å². The van der Waals surface area contributed by atoms with Crippen LogP contribution in [0.1, 0.15) is 10.4 Å². The molecule has 4 heteroatoms. The Labute approximate surface area is 115 Å². The summed E-state index contributed by atoms with van der Waals surface area (Å²) in [5.74, 6) is -0.561. The third kappa shape index (κ3) is 2.31. The second kappa shape index (κ2) is 5.01. The summed E-state index contributed by atoms with van der Waals surface area (Å²) < 4.78 is 5.69. The summed E-state index contributed by atoms with van der Waals surface area (Å²) in [7, 11) is 0. The average molecular weight is 264 g/mol. The molecule has 0 fully saturated rings. The third-order valence-electron chi connectivity index (χ3n) is 2.91. The Hall–Kier alpha value is -2.88. The molecule has 0 bridgehead atoms. The van der Waals surface area contributed by atoms with Crippen LogP contribution in [0.4, 0.5) is 5.69 Å². The normalized spacial score (nSPS) is 11.7. The van der Waals surface area contributed by atoms with E-state index in [4.69, 9.17) is 10.2 Å². The van der Waals surface area contributed by atoms with Gasteiger partial charge in [0.05, 0.1) is 5.69 Å². The van der Waals surface area contributed by atoms with Crippen molar-refractivity contribution in [2.75, 3.05) is 0 Å². The molecule has 0 radical (unpaired) electrons. The van der Waals surface area contributed by atoms with E-state index in [-0.39, 0.29) is 11.1 Å². The summed E-state index contributed by atoms with van der Waals surface area (Å²) in [4.78, 5) is 15.9. The summed E-state index contributed by atoms with van der Waals surface area (Å²) in [6.07, 6.45) is 0. The standard InChI is InChI=1S/C16H12N2O2/c17-15(19)13-10-11-6-4-5-9-14(11)20-16(13)18-12-7-2-1-3-8-12/h1-10H,(H2,17,19). The van der Waals surface area contributed by atoms with Crippen molar-refractivity contribution >= 4 is 22.6 Å². The number of rotatable bonds is 2. The molecular weight excluding hydrogens is 252 g/mol. The van der Waals surface area contributed by atoms with Crippen molar-refractivity contribution < 1.29 is 9.21 Å². The quantitative estimate of drug-likeness (QED) is 0.773. The zero-order valence-corrected chi connectivity index (χ0v) is 10.6. The summed E-state index contributed by atoms with van der Waals surface area (Å²) in [6.45, 7) is 0. The SMILES string of the molecule is NC(=O)c1cc2ccccc2oc1=Nc1ccccc1. The van der Waals surface area contributed by atoms with Gasteiger partial charge >= 0.3 is 0 Å². The minimum absolute atomic E-state index is 0.224. The molecule has 0 saturated carbocycles. The lowest BCUT2D eigenvalue weighted by Gasteiger charge is -2.01. The first-order chi connectivity index (χ1) is 9.74. The molecule has 3 rings (SSSR count). The van der Waals surface area contributed by atoms with E-state index < -0.39 is 5.91 Å². The van der Waals surface area contributed by atoms with Gasteiger partial charge in [0.15, 0.2) is 0 Å². The zero-order chi connectivity index (χ0) is 13.9. The third-order valence-corrected chi connectivity index (χ3v) is 2.91. The smallest absolute Gasteiger partial charge is 0.254 e. The van der Waals surface area contributed by atoms with E-state index in [9.17, 15) is 4.79 Å². The van der Waals surface area contributed by atoms with Gasteiger partial charge in [0.2, 0.25) is 5.55 Å². The van der Waals surface area contributed by atoms with Crippen LogP contribution < -0.4 is 11.3 Å². The number of primary amides is 1. The lowest BCUT2D eigenvalue weighted by molar-refractivity contribution is 0.0996. The number of carbonyl (C=O) groups is 1. The topological polar surface area (TPSA) is 68.6 Å². The van der Waals surface area contributed by atoms with Crippen molar-refractivity contribution in [1.82, 2.24) is 0 Å². The molecule has 0 aliphatic rings. The maximum Gasteiger partial charge on any atom is 0.254 e. The Morgan fingerprint density at radius 2 is 1.70 bits per heavy atom. The van der Waals surface area contributed by atoms with Gasteiger partial charge in [-0.15, -0.1) is 0 Å². The van der Waals surface area contributed by atoms with Gasteiger partial charge < -0.3 is 10.2 Å². The number of para-hydroxylation sites is 2. The lowest BCUT2D eigenvalue weighted by atomic mass is 10.2. The number of amides is 1. The largest absolute Gasteiger partial charge is 0.438 e. The number of fused-ring (bicyclic) bond motifs is 1. The molecule has 2 N–H and O–H groups in total. The van der Waals surface area contributed by atoms with Gasteiger partial charge in [0.25, 0.3) is 5.91 Å². The van der Waals surface area contributed by atoms with Gasteiger partial charge in [0, 0.05) is 5.39 Å². The Bertz CT molecular complexity index is 836. The van der Waals surface area contributed by atoms with Crippen molar-refractivity contribution in [3.05, 3.63) is 71.8 Å². The summed E-state index contributed by atoms with van der Waals surface area (Å²) in [5.41, 5.74) is 7.26. The Balaban J connectivity index is 2.30. The number of carbonyl (C=O) groups excluding carboxylic acids is 1. The van der Waals surface area contributed by atoms with E-state index in [0.717, 1.165) is 5.39 Å². The van der Waals surface area contributed by atoms with Crippen LogP contribution in [-0.4, -0.2) is 5.91 Å². The van der Waals surface area contributed by atoms with Gasteiger partial charge in [-0.25, -0.2) is 4.99 Å². The van der Waals surface area contributed by atoms with Crippen LogP contribution in [0.25, 0.3) is 11.0 Å². The average Bonchev–Trinajstić information content (AvgIpc) is 2.47. The molecule has 20 heavy (non-hydrogen) atoms. The highest BCUT2D eigenvalue weighted by molar-refractivity contribution is 5.95. The van der Waals surface area contributed by atoms with E-state index in [2.05, 4.69) is 4.99 Å². The van der Waals surface area contributed by atoms with Gasteiger partial charge in [-0.2, -0.15) is 0 Å². The molecule has 4 nitrogen and oxygen atoms in total. The first-order valence-corrected chi connectivity index (χ1v) is 6.16. The van der Waals surface area contributed by atoms with Crippen molar-refractivity contribution in [2.24, 2.45) is 10.7 Å². The second-order valence-electron chi connectivity index (χ2n) is 4.31.